The second kappa shape index (κ2) is 5.74. The fourth-order valence-corrected chi connectivity index (χ4v) is 0.442. The van der Waals surface area contributed by atoms with Crippen molar-refractivity contribution in [1.82, 2.24) is 0 Å². The summed E-state index contributed by atoms with van der Waals surface area (Å²) in [5.74, 6) is -2.36. The highest BCUT2D eigenvalue weighted by atomic mass is 17.3. The van der Waals surface area contributed by atoms with Gasteiger partial charge in [0.15, 0.2) is 0 Å². The molecule has 0 radical (unpaired) electrons. The molecule has 0 fully saturated rings. The van der Waals surface area contributed by atoms with Gasteiger partial charge in [-0.15, -0.1) is 0 Å². The minimum absolute atomic E-state index is 0.0880. The van der Waals surface area contributed by atoms with Crippen LogP contribution in [0.1, 0.15) is 41.5 Å². The Labute approximate surface area is 89.8 Å². The van der Waals surface area contributed by atoms with E-state index in [1.165, 1.54) is 13.8 Å². The van der Waals surface area contributed by atoms with E-state index in [0.717, 1.165) is 0 Å². The Morgan fingerprint density at radius 2 is 1.33 bits per heavy atom. The zero-order valence-electron chi connectivity index (χ0n) is 10.1. The molecule has 92 valence electrons. The van der Waals surface area contributed by atoms with E-state index in [1.54, 1.807) is 13.8 Å². The summed E-state index contributed by atoms with van der Waals surface area (Å²) in [6.07, 6.45) is -0.0880. The molecule has 0 aromatic rings. The van der Waals surface area contributed by atoms with Crippen LogP contribution < -0.4 is 0 Å². The van der Waals surface area contributed by atoms with Gasteiger partial charge in [-0.05, 0) is 41.5 Å². The van der Waals surface area contributed by atoms with Crippen molar-refractivity contribution >= 4 is 0 Å². The molecule has 0 aliphatic rings. The van der Waals surface area contributed by atoms with Gasteiger partial charge in [-0.25, -0.2) is 15.0 Å². The van der Waals surface area contributed by atoms with Gasteiger partial charge in [0, 0.05) is 0 Å². The molecule has 0 aromatic carbocycles. The van der Waals surface area contributed by atoms with Gasteiger partial charge in [0.2, 0.25) is 11.6 Å². The molecule has 0 saturated heterocycles. The lowest BCUT2D eigenvalue weighted by Gasteiger charge is -2.27. The number of rotatable bonds is 7. The predicted molar refractivity (Wildman–Crippen MR) is 51.3 cm³/mol. The average molecular weight is 224 g/mol. The molecule has 0 heterocycles. The van der Waals surface area contributed by atoms with Crippen LogP contribution in [-0.2, 0) is 24.4 Å². The Hall–Kier alpha value is -0.240. The second-order valence-corrected chi connectivity index (χ2v) is 4.29. The van der Waals surface area contributed by atoms with Gasteiger partial charge in [0.1, 0.15) is 0 Å². The van der Waals surface area contributed by atoms with Crippen LogP contribution in [0.4, 0.5) is 0 Å². The van der Waals surface area contributed by atoms with Crippen LogP contribution in [0.15, 0.2) is 0 Å². The third-order valence-electron chi connectivity index (χ3n) is 1.10. The minimum Gasteiger partial charge on any atom is -0.249 e. The summed E-state index contributed by atoms with van der Waals surface area (Å²) >= 11 is 0. The van der Waals surface area contributed by atoms with Gasteiger partial charge < -0.3 is 0 Å². The Balaban J connectivity index is 3.93. The Morgan fingerprint density at radius 3 is 1.73 bits per heavy atom. The van der Waals surface area contributed by atoms with Crippen molar-refractivity contribution in [3.05, 3.63) is 0 Å². The molecule has 0 amide bonds. The van der Waals surface area contributed by atoms with E-state index in [4.69, 9.17) is 24.8 Å². The fourth-order valence-electron chi connectivity index (χ4n) is 0.442. The van der Waals surface area contributed by atoms with Crippen molar-refractivity contribution in [3.8, 4) is 0 Å². The van der Waals surface area contributed by atoms with E-state index in [9.17, 15) is 0 Å². The fraction of sp³-hybridized carbons (Fsp3) is 1.00. The quantitative estimate of drug-likeness (QED) is 0.406. The summed E-state index contributed by atoms with van der Waals surface area (Å²) < 4.78 is 0. The molecular formula is C9H20O6. The third-order valence-corrected chi connectivity index (χ3v) is 1.10. The van der Waals surface area contributed by atoms with Crippen LogP contribution in [0, 0.1) is 0 Å². The topological polar surface area (TPSA) is 66.4 Å². The first-order chi connectivity index (χ1) is 6.68. The van der Waals surface area contributed by atoms with Gasteiger partial charge in [0.05, 0.1) is 6.10 Å². The third kappa shape index (κ3) is 7.66. The summed E-state index contributed by atoms with van der Waals surface area (Å²) in [4.78, 5) is 23.6. The molecule has 0 bridgehead atoms. The molecular weight excluding hydrogens is 204 g/mol. The lowest BCUT2D eigenvalue weighted by atomic mass is 10.4. The summed E-state index contributed by atoms with van der Waals surface area (Å²) in [5, 5.41) is 8.43. The standard InChI is InChI=1S/C9H20O6/c1-7(2)11-13-9(5,6)15-14-8(3,4)12-10/h7,10H,1-6H3. The molecule has 0 aliphatic carbocycles. The van der Waals surface area contributed by atoms with Gasteiger partial charge in [0.25, 0.3) is 0 Å². The van der Waals surface area contributed by atoms with Crippen molar-refractivity contribution in [2.45, 2.75) is 59.2 Å². The van der Waals surface area contributed by atoms with Crippen molar-refractivity contribution in [3.63, 3.8) is 0 Å². The molecule has 1 N–H and O–H groups in total. The zero-order chi connectivity index (χ0) is 12.1. The average Bonchev–Trinajstić information content (AvgIpc) is 2.13. The molecule has 0 saturated carbocycles. The summed E-state index contributed by atoms with van der Waals surface area (Å²) in [6.45, 7) is 9.79. The minimum atomic E-state index is -1.27. The van der Waals surface area contributed by atoms with Crippen LogP contribution in [0.5, 0.6) is 0 Å². The van der Waals surface area contributed by atoms with Crippen LogP contribution in [0.2, 0.25) is 0 Å². The highest BCUT2D eigenvalue weighted by molar-refractivity contribution is 4.49. The van der Waals surface area contributed by atoms with Crippen LogP contribution in [-0.4, -0.2) is 22.9 Å². The van der Waals surface area contributed by atoms with E-state index < -0.39 is 11.6 Å². The number of hydrogen-bond donors (Lipinski definition) is 1. The van der Waals surface area contributed by atoms with Gasteiger partial charge in [-0.3, -0.25) is 0 Å². The predicted octanol–water partition coefficient (Wildman–Crippen LogP) is 2.25. The van der Waals surface area contributed by atoms with Crippen LogP contribution >= 0.6 is 0 Å². The maximum absolute atomic E-state index is 8.43. The normalized spacial score (nSPS) is 13.6. The monoisotopic (exact) mass is 224 g/mol. The van der Waals surface area contributed by atoms with Gasteiger partial charge >= 0.3 is 0 Å². The maximum atomic E-state index is 8.43. The SMILES string of the molecule is CC(C)OOC(C)(C)OOC(C)(C)OO. The van der Waals surface area contributed by atoms with E-state index in [1.807, 2.05) is 13.8 Å². The van der Waals surface area contributed by atoms with Crippen molar-refractivity contribution in [1.29, 1.82) is 0 Å². The molecule has 0 aromatic heterocycles. The summed E-state index contributed by atoms with van der Waals surface area (Å²) in [5.41, 5.74) is 0. The van der Waals surface area contributed by atoms with Crippen LogP contribution in [0.3, 0.4) is 0 Å². The Morgan fingerprint density at radius 1 is 0.867 bits per heavy atom. The first-order valence-electron chi connectivity index (χ1n) is 4.72. The Kier molecular flexibility index (Phi) is 5.65. The lowest BCUT2D eigenvalue weighted by molar-refractivity contribution is -0.566. The first kappa shape index (κ1) is 14.8. The molecule has 0 unspecified atom stereocenters. The molecule has 0 atom stereocenters. The van der Waals surface area contributed by atoms with Crippen molar-refractivity contribution in [2.75, 3.05) is 0 Å². The van der Waals surface area contributed by atoms with E-state index in [0.29, 0.717) is 0 Å². The summed E-state index contributed by atoms with van der Waals surface area (Å²) in [6, 6.07) is 0. The largest absolute Gasteiger partial charge is 0.249 e. The van der Waals surface area contributed by atoms with E-state index >= 15 is 0 Å². The lowest BCUT2D eigenvalue weighted by Crippen LogP contribution is -2.36. The molecule has 6 heteroatoms. The van der Waals surface area contributed by atoms with Crippen LogP contribution in [0.25, 0.3) is 0 Å². The van der Waals surface area contributed by atoms with Gasteiger partial charge in [-0.1, -0.05) is 0 Å². The second-order valence-electron chi connectivity index (χ2n) is 4.29. The molecule has 6 nitrogen and oxygen atoms in total. The highest BCUT2D eigenvalue weighted by Gasteiger charge is 2.29. The maximum Gasteiger partial charge on any atom is 0.228 e. The Bertz CT molecular complexity index is 177. The zero-order valence-corrected chi connectivity index (χ0v) is 10.1. The summed E-state index contributed by atoms with van der Waals surface area (Å²) in [7, 11) is 0. The van der Waals surface area contributed by atoms with E-state index in [2.05, 4.69) is 4.89 Å². The number of hydrogen-bond acceptors (Lipinski definition) is 6. The van der Waals surface area contributed by atoms with Gasteiger partial charge in [-0.2, -0.15) is 14.7 Å². The molecule has 0 rings (SSSR count). The smallest absolute Gasteiger partial charge is 0.228 e. The molecule has 0 aliphatic heterocycles. The first-order valence-corrected chi connectivity index (χ1v) is 4.72. The highest BCUT2D eigenvalue weighted by Crippen LogP contribution is 2.18. The van der Waals surface area contributed by atoms with Crippen molar-refractivity contribution < 1.29 is 29.7 Å². The molecule has 15 heavy (non-hydrogen) atoms. The van der Waals surface area contributed by atoms with Crippen molar-refractivity contribution in [2.24, 2.45) is 0 Å². The molecule has 0 spiro atoms. The van der Waals surface area contributed by atoms with E-state index in [-0.39, 0.29) is 6.10 Å².